The molecule has 0 fully saturated rings. The first-order valence-corrected chi connectivity index (χ1v) is 6.05. The minimum atomic E-state index is -2.06. The van der Waals surface area contributed by atoms with Crippen LogP contribution in [-0.2, 0) is 4.79 Å². The summed E-state index contributed by atoms with van der Waals surface area (Å²) in [6.45, 7) is 1.49. The number of aliphatic hydroxyl groups excluding tert-OH is 1. The molecule has 0 aliphatic heterocycles. The van der Waals surface area contributed by atoms with E-state index in [1.165, 1.54) is 19.1 Å². The number of carbonyl (C=O) groups is 2. The lowest BCUT2D eigenvalue weighted by Crippen LogP contribution is -2.17. The molecule has 2 unspecified atom stereocenters. The number of carbonyl (C=O) groups excluding carboxylic acids is 1. The van der Waals surface area contributed by atoms with E-state index in [-0.39, 0.29) is 5.56 Å². The lowest BCUT2D eigenvalue weighted by Gasteiger charge is -2.10. The van der Waals surface area contributed by atoms with Crippen LogP contribution in [0.2, 0.25) is 0 Å². The summed E-state index contributed by atoms with van der Waals surface area (Å²) in [5.74, 6) is -2.19. The summed E-state index contributed by atoms with van der Waals surface area (Å²) in [5.41, 5.74) is -1.35. The van der Waals surface area contributed by atoms with E-state index in [0.717, 1.165) is 6.07 Å². The lowest BCUT2D eigenvalue weighted by atomic mass is 9.99. The van der Waals surface area contributed by atoms with Crippen LogP contribution in [0.5, 0.6) is 0 Å². The first-order valence-electron chi connectivity index (χ1n) is 5.13. The fourth-order valence-electron chi connectivity index (χ4n) is 1.53. The molecular weight excluding hydrogens is 322 g/mol. The molecule has 0 aliphatic rings. The van der Waals surface area contributed by atoms with Gasteiger partial charge in [-0.3, -0.25) is 14.9 Å². The van der Waals surface area contributed by atoms with Crippen LogP contribution in [0.25, 0.3) is 0 Å². The van der Waals surface area contributed by atoms with E-state index >= 15 is 0 Å². The zero-order valence-corrected chi connectivity index (χ0v) is 11.3. The third kappa shape index (κ3) is 3.15. The Labute approximate surface area is 116 Å². The molecule has 0 amide bonds. The van der Waals surface area contributed by atoms with E-state index in [1.807, 2.05) is 0 Å². The number of hydrogen-bond acceptors (Lipinski definition) is 5. The predicted octanol–water partition coefficient (Wildman–Crippen LogP) is 1.68. The number of aliphatic carboxylic acids is 1. The Kier molecular flexibility index (Phi) is 4.73. The van der Waals surface area contributed by atoms with Crippen molar-refractivity contribution in [3.05, 3.63) is 39.4 Å². The zero-order chi connectivity index (χ0) is 14.7. The van der Waals surface area contributed by atoms with Gasteiger partial charge in [0.1, 0.15) is 0 Å². The molecule has 0 aliphatic carbocycles. The van der Waals surface area contributed by atoms with Crippen LogP contribution < -0.4 is 0 Å². The van der Waals surface area contributed by atoms with Crippen molar-refractivity contribution in [1.82, 2.24) is 0 Å². The molecule has 0 saturated heterocycles. The maximum absolute atomic E-state index is 11.8. The van der Waals surface area contributed by atoms with Crippen molar-refractivity contribution >= 4 is 33.4 Å². The van der Waals surface area contributed by atoms with Gasteiger partial charge in [0.05, 0.1) is 20.9 Å². The zero-order valence-electron chi connectivity index (χ0n) is 9.74. The van der Waals surface area contributed by atoms with Crippen LogP contribution in [0.1, 0.15) is 28.9 Å². The van der Waals surface area contributed by atoms with Crippen molar-refractivity contribution in [2.24, 2.45) is 0 Å². The number of rotatable bonds is 5. The summed E-state index contributed by atoms with van der Waals surface area (Å²) < 4.78 is 0. The van der Waals surface area contributed by atoms with E-state index in [0.29, 0.717) is 0 Å². The highest BCUT2D eigenvalue weighted by molar-refractivity contribution is 9.10. The van der Waals surface area contributed by atoms with E-state index in [1.54, 1.807) is 0 Å². The first kappa shape index (κ1) is 15.3. The largest absolute Gasteiger partial charge is 0.479 e. The highest BCUT2D eigenvalue weighted by Crippen LogP contribution is 2.30. The van der Waals surface area contributed by atoms with E-state index in [2.05, 4.69) is 15.9 Å². The number of carboxylic acid groups (broad SMARTS) is 1. The van der Waals surface area contributed by atoms with Crippen LogP contribution in [0.15, 0.2) is 18.2 Å². The lowest BCUT2D eigenvalue weighted by molar-refractivity contribution is -0.386. The highest BCUT2D eigenvalue weighted by atomic mass is 79.9. The molecule has 0 aromatic heterocycles. The molecule has 0 bridgehead atoms. The molecular formula is C11H10BrNO6. The van der Waals surface area contributed by atoms with Gasteiger partial charge in [-0.15, -0.1) is 0 Å². The highest BCUT2D eigenvalue weighted by Gasteiger charge is 2.31. The van der Waals surface area contributed by atoms with Gasteiger partial charge >= 0.3 is 5.97 Å². The quantitative estimate of drug-likeness (QED) is 0.367. The molecule has 7 nitrogen and oxygen atoms in total. The minimum absolute atomic E-state index is 0.243. The Hall–Kier alpha value is -1.80. The third-order valence-corrected chi connectivity index (χ3v) is 2.82. The molecule has 1 rings (SSSR count). The van der Waals surface area contributed by atoms with Crippen molar-refractivity contribution in [2.45, 2.75) is 17.9 Å². The molecule has 2 N–H and O–H groups in total. The monoisotopic (exact) mass is 331 g/mol. The molecule has 2 atom stereocenters. The summed E-state index contributed by atoms with van der Waals surface area (Å²) in [7, 11) is 0. The molecule has 1 aromatic carbocycles. The number of Topliss-reactive ketones (excluding diaryl/α,β-unsaturated/α-hetero) is 1. The van der Waals surface area contributed by atoms with E-state index in [9.17, 15) is 24.8 Å². The second kappa shape index (κ2) is 5.89. The van der Waals surface area contributed by atoms with Crippen LogP contribution in [-0.4, -0.2) is 31.7 Å². The SMILES string of the molecule is CC(Br)C(=O)c1cccc(C(O)C(=O)O)c1[N+](=O)[O-]. The number of alkyl halides is 1. The predicted molar refractivity (Wildman–Crippen MR) is 68.4 cm³/mol. The van der Waals surface area contributed by atoms with Gasteiger partial charge in [-0.05, 0) is 19.1 Å². The van der Waals surface area contributed by atoms with Gasteiger partial charge in [-0.1, -0.05) is 22.0 Å². The van der Waals surface area contributed by atoms with E-state index < -0.39 is 38.9 Å². The number of nitro benzene ring substituents is 1. The molecule has 0 radical (unpaired) electrons. The number of hydrogen-bond donors (Lipinski definition) is 2. The second-order valence-electron chi connectivity index (χ2n) is 3.72. The van der Waals surface area contributed by atoms with Crippen molar-refractivity contribution in [3.8, 4) is 0 Å². The number of carboxylic acids is 1. The Balaban J connectivity index is 3.51. The standard InChI is InChI=1S/C11H10BrNO6/c1-5(12)9(14)6-3-2-4-7(8(6)13(18)19)10(15)11(16)17/h2-5,10,15H,1H3,(H,16,17). The van der Waals surface area contributed by atoms with Gasteiger partial charge in [0, 0.05) is 0 Å². The molecule has 8 heteroatoms. The summed E-state index contributed by atoms with van der Waals surface area (Å²) in [6, 6.07) is 3.61. The number of aliphatic hydroxyl groups is 1. The van der Waals surface area contributed by atoms with Gasteiger partial charge in [0.25, 0.3) is 5.69 Å². The fourth-order valence-corrected chi connectivity index (χ4v) is 1.78. The van der Waals surface area contributed by atoms with Crippen molar-refractivity contribution in [2.75, 3.05) is 0 Å². The van der Waals surface area contributed by atoms with Gasteiger partial charge < -0.3 is 10.2 Å². The number of para-hydroxylation sites is 1. The van der Waals surface area contributed by atoms with Gasteiger partial charge in [-0.2, -0.15) is 0 Å². The van der Waals surface area contributed by atoms with Gasteiger partial charge in [0.15, 0.2) is 11.9 Å². The Morgan fingerprint density at radius 2 is 2.00 bits per heavy atom. The number of halogens is 1. The summed E-state index contributed by atoms with van der Waals surface area (Å²) in [5, 5.41) is 29.2. The Bertz CT molecular complexity index is 542. The molecule has 0 spiro atoms. The maximum atomic E-state index is 11.8. The minimum Gasteiger partial charge on any atom is -0.479 e. The van der Waals surface area contributed by atoms with Crippen LogP contribution in [0.3, 0.4) is 0 Å². The Morgan fingerprint density at radius 3 is 2.42 bits per heavy atom. The summed E-state index contributed by atoms with van der Waals surface area (Å²) >= 11 is 3.00. The summed E-state index contributed by atoms with van der Waals surface area (Å²) in [4.78, 5) is 32.1. The number of nitro groups is 1. The topological polar surface area (TPSA) is 118 Å². The first-order chi connectivity index (χ1) is 8.77. The number of benzene rings is 1. The summed E-state index contributed by atoms with van der Waals surface area (Å²) in [6.07, 6.45) is -2.06. The van der Waals surface area contributed by atoms with Gasteiger partial charge in [-0.25, -0.2) is 4.79 Å². The normalized spacial score (nSPS) is 13.6. The molecule has 0 saturated carbocycles. The van der Waals surface area contributed by atoms with Crippen molar-refractivity contribution in [1.29, 1.82) is 0 Å². The van der Waals surface area contributed by atoms with Crippen LogP contribution in [0, 0.1) is 10.1 Å². The van der Waals surface area contributed by atoms with Crippen LogP contribution in [0.4, 0.5) is 5.69 Å². The maximum Gasteiger partial charge on any atom is 0.337 e. The number of ketones is 1. The molecule has 1 aromatic rings. The molecule has 102 valence electrons. The second-order valence-corrected chi connectivity index (χ2v) is 5.10. The van der Waals surface area contributed by atoms with Gasteiger partial charge in [0.2, 0.25) is 0 Å². The van der Waals surface area contributed by atoms with Crippen molar-refractivity contribution in [3.63, 3.8) is 0 Å². The van der Waals surface area contributed by atoms with Crippen LogP contribution >= 0.6 is 15.9 Å². The van der Waals surface area contributed by atoms with E-state index in [4.69, 9.17) is 5.11 Å². The average Bonchev–Trinajstić information content (AvgIpc) is 2.35. The molecule has 0 heterocycles. The third-order valence-electron chi connectivity index (χ3n) is 2.41. The number of nitrogens with zero attached hydrogens (tertiary/aromatic N) is 1. The average molecular weight is 332 g/mol. The van der Waals surface area contributed by atoms with Crippen molar-refractivity contribution < 1.29 is 24.7 Å². The smallest absolute Gasteiger partial charge is 0.337 e. The fraction of sp³-hybridized carbons (Fsp3) is 0.273. The Morgan fingerprint density at radius 1 is 1.42 bits per heavy atom. The molecule has 19 heavy (non-hydrogen) atoms.